The van der Waals surface area contributed by atoms with E-state index in [1.807, 2.05) is 24.3 Å². The van der Waals surface area contributed by atoms with Gasteiger partial charge in [0.2, 0.25) is 15.9 Å². The van der Waals surface area contributed by atoms with E-state index in [0.717, 1.165) is 24.1 Å². The second-order valence-electron chi connectivity index (χ2n) is 8.70. The molecule has 4 rings (SSSR count). The zero-order valence-electron chi connectivity index (χ0n) is 19.8. The van der Waals surface area contributed by atoms with E-state index in [-0.39, 0.29) is 35.4 Å². The third-order valence-electron chi connectivity index (χ3n) is 6.42. The van der Waals surface area contributed by atoms with Crippen LogP contribution in [0.25, 0.3) is 0 Å². The molecule has 2 aromatic carbocycles. The van der Waals surface area contributed by atoms with E-state index in [9.17, 15) is 22.8 Å². The second kappa shape index (κ2) is 10.2. The van der Waals surface area contributed by atoms with Crippen molar-refractivity contribution in [3.8, 4) is 0 Å². The number of nitrogens with zero attached hydrogens (tertiary/aromatic N) is 3. The van der Waals surface area contributed by atoms with Crippen LogP contribution in [-0.2, 0) is 30.8 Å². The van der Waals surface area contributed by atoms with Gasteiger partial charge in [-0.1, -0.05) is 18.2 Å². The number of esters is 1. The van der Waals surface area contributed by atoms with E-state index >= 15 is 0 Å². The number of benzene rings is 2. The highest BCUT2D eigenvalue weighted by Gasteiger charge is 2.31. The number of anilines is 1. The average Bonchev–Trinajstić information content (AvgIpc) is 2.88. The van der Waals surface area contributed by atoms with Crippen LogP contribution in [0.15, 0.2) is 53.4 Å². The minimum Gasteiger partial charge on any atom is -0.449 e. The van der Waals surface area contributed by atoms with Gasteiger partial charge in [-0.3, -0.25) is 9.59 Å². The first-order valence-corrected chi connectivity index (χ1v) is 13.1. The molecule has 2 amide bonds. The lowest BCUT2D eigenvalue weighted by Crippen LogP contribution is -2.49. The van der Waals surface area contributed by atoms with Crippen LogP contribution in [0.5, 0.6) is 0 Å². The van der Waals surface area contributed by atoms with Crippen LogP contribution in [-0.4, -0.2) is 74.2 Å². The SMILES string of the molecule is CC(=O)N1CCN(S(=O)(=O)c2ccc(C(=O)OC(C)C(=O)N3CCCc4ccccc43)cc2)CC1. The standard InChI is InChI=1S/C25H29N3O6S/c1-18(24(30)28-13-5-7-20-6-3-4-8-23(20)28)34-25(31)21-9-11-22(12-10-21)35(32,33)27-16-14-26(15-17-27)19(2)29/h3-4,6,8-12,18H,5,7,13-17H2,1-2H3. The van der Waals surface area contributed by atoms with Gasteiger partial charge in [0.1, 0.15) is 0 Å². The number of ether oxygens (including phenoxy) is 1. The number of sulfonamides is 1. The van der Waals surface area contributed by atoms with Crippen molar-refractivity contribution in [3.63, 3.8) is 0 Å². The maximum atomic E-state index is 13.0. The van der Waals surface area contributed by atoms with Crippen LogP contribution in [0.2, 0.25) is 0 Å². The van der Waals surface area contributed by atoms with E-state index in [2.05, 4.69) is 0 Å². The quantitative estimate of drug-likeness (QED) is 0.584. The Labute approximate surface area is 205 Å². The molecule has 0 saturated carbocycles. The van der Waals surface area contributed by atoms with Gasteiger partial charge in [-0.15, -0.1) is 0 Å². The number of piperazine rings is 1. The van der Waals surface area contributed by atoms with Crippen molar-refractivity contribution in [1.82, 2.24) is 9.21 Å². The van der Waals surface area contributed by atoms with Crippen molar-refractivity contribution in [1.29, 1.82) is 0 Å². The van der Waals surface area contributed by atoms with Gasteiger partial charge in [0.15, 0.2) is 6.10 Å². The molecule has 0 bridgehead atoms. The Kier molecular flexibility index (Phi) is 7.23. The summed E-state index contributed by atoms with van der Waals surface area (Å²) in [6, 6.07) is 13.2. The Balaban J connectivity index is 1.39. The van der Waals surface area contributed by atoms with Gasteiger partial charge < -0.3 is 14.5 Å². The Morgan fingerprint density at radius 2 is 1.57 bits per heavy atom. The molecule has 2 heterocycles. The number of fused-ring (bicyclic) bond motifs is 1. The minimum atomic E-state index is -3.75. The molecular weight excluding hydrogens is 470 g/mol. The molecule has 1 fully saturated rings. The first-order valence-electron chi connectivity index (χ1n) is 11.6. The summed E-state index contributed by atoms with van der Waals surface area (Å²) in [6.45, 7) is 4.67. The Hall–Kier alpha value is -3.24. The van der Waals surface area contributed by atoms with Crippen molar-refractivity contribution in [2.75, 3.05) is 37.6 Å². The van der Waals surface area contributed by atoms with Crippen molar-refractivity contribution < 1.29 is 27.5 Å². The highest BCUT2D eigenvalue weighted by atomic mass is 32.2. The molecule has 1 unspecified atom stereocenters. The number of hydrogen-bond donors (Lipinski definition) is 0. The highest BCUT2D eigenvalue weighted by molar-refractivity contribution is 7.89. The molecule has 10 heteroatoms. The van der Waals surface area contributed by atoms with Crippen molar-refractivity contribution >= 4 is 33.5 Å². The maximum absolute atomic E-state index is 13.0. The van der Waals surface area contributed by atoms with Crippen LogP contribution in [0.3, 0.4) is 0 Å². The average molecular weight is 500 g/mol. The summed E-state index contributed by atoms with van der Waals surface area (Å²) in [5, 5.41) is 0. The zero-order valence-corrected chi connectivity index (χ0v) is 20.7. The van der Waals surface area contributed by atoms with Gasteiger partial charge in [-0.05, 0) is 55.7 Å². The second-order valence-corrected chi connectivity index (χ2v) is 10.6. The monoisotopic (exact) mass is 499 g/mol. The summed E-state index contributed by atoms with van der Waals surface area (Å²) in [7, 11) is -3.75. The molecule has 2 aromatic rings. The first kappa shape index (κ1) is 24.9. The normalized spacial score (nSPS) is 17.4. The molecule has 0 aromatic heterocycles. The van der Waals surface area contributed by atoms with Gasteiger partial charge in [0.05, 0.1) is 10.5 Å². The molecule has 0 radical (unpaired) electrons. The van der Waals surface area contributed by atoms with E-state index < -0.39 is 22.1 Å². The molecule has 0 aliphatic carbocycles. The number of aryl methyl sites for hydroxylation is 1. The van der Waals surface area contributed by atoms with E-state index in [1.54, 1.807) is 9.80 Å². The largest absolute Gasteiger partial charge is 0.449 e. The Morgan fingerprint density at radius 1 is 0.914 bits per heavy atom. The lowest BCUT2D eigenvalue weighted by molar-refractivity contribution is -0.130. The van der Waals surface area contributed by atoms with Gasteiger partial charge in [-0.2, -0.15) is 4.31 Å². The number of para-hydroxylation sites is 1. The fourth-order valence-corrected chi connectivity index (χ4v) is 5.84. The molecule has 0 spiro atoms. The lowest BCUT2D eigenvalue weighted by Gasteiger charge is -2.33. The molecular formula is C25H29N3O6S. The summed E-state index contributed by atoms with van der Waals surface area (Å²) in [6.07, 6.45) is 0.744. The van der Waals surface area contributed by atoms with Crippen LogP contribution >= 0.6 is 0 Å². The Bertz CT molecular complexity index is 1220. The van der Waals surface area contributed by atoms with Crippen LogP contribution in [0.1, 0.15) is 36.2 Å². The number of carbonyl (C=O) groups is 3. The summed E-state index contributed by atoms with van der Waals surface area (Å²) < 4.78 is 32.6. The number of carbonyl (C=O) groups excluding carboxylic acids is 3. The Morgan fingerprint density at radius 3 is 2.23 bits per heavy atom. The summed E-state index contributed by atoms with van der Waals surface area (Å²) in [5.41, 5.74) is 2.08. The van der Waals surface area contributed by atoms with Gasteiger partial charge in [-0.25, -0.2) is 13.2 Å². The first-order chi connectivity index (χ1) is 16.7. The molecule has 1 saturated heterocycles. The molecule has 2 aliphatic rings. The van der Waals surface area contributed by atoms with Gasteiger partial charge in [0.25, 0.3) is 5.91 Å². The highest BCUT2D eigenvalue weighted by Crippen LogP contribution is 2.27. The van der Waals surface area contributed by atoms with Crippen molar-refractivity contribution in [3.05, 3.63) is 59.7 Å². The predicted molar refractivity (Wildman–Crippen MR) is 129 cm³/mol. The third kappa shape index (κ3) is 5.23. The van der Waals surface area contributed by atoms with Gasteiger partial charge >= 0.3 is 5.97 Å². The topological polar surface area (TPSA) is 104 Å². The fraction of sp³-hybridized carbons (Fsp3) is 0.400. The minimum absolute atomic E-state index is 0.0550. The molecule has 35 heavy (non-hydrogen) atoms. The fourth-order valence-electron chi connectivity index (χ4n) is 4.42. The molecule has 0 N–H and O–H groups in total. The van der Waals surface area contributed by atoms with Crippen molar-refractivity contribution in [2.24, 2.45) is 0 Å². The molecule has 2 aliphatic heterocycles. The van der Waals surface area contributed by atoms with Crippen molar-refractivity contribution in [2.45, 2.75) is 37.7 Å². The third-order valence-corrected chi connectivity index (χ3v) is 8.33. The smallest absolute Gasteiger partial charge is 0.338 e. The maximum Gasteiger partial charge on any atom is 0.338 e. The number of hydrogen-bond acceptors (Lipinski definition) is 6. The molecule has 186 valence electrons. The van der Waals surface area contributed by atoms with Crippen LogP contribution < -0.4 is 4.90 Å². The van der Waals surface area contributed by atoms with Crippen LogP contribution in [0.4, 0.5) is 5.69 Å². The number of rotatable bonds is 5. The predicted octanol–water partition coefficient (Wildman–Crippen LogP) is 2.06. The van der Waals surface area contributed by atoms with Crippen LogP contribution in [0, 0.1) is 0 Å². The van der Waals surface area contributed by atoms with Gasteiger partial charge in [0, 0.05) is 45.3 Å². The van der Waals surface area contributed by atoms with E-state index in [0.29, 0.717) is 19.6 Å². The molecule has 1 atom stereocenters. The molecule has 9 nitrogen and oxygen atoms in total. The summed E-state index contributed by atoms with van der Waals surface area (Å²) in [4.78, 5) is 40.4. The lowest BCUT2D eigenvalue weighted by atomic mass is 10.0. The number of amides is 2. The van der Waals surface area contributed by atoms with E-state index in [1.165, 1.54) is 42.4 Å². The summed E-state index contributed by atoms with van der Waals surface area (Å²) in [5.74, 6) is -1.08. The zero-order chi connectivity index (χ0) is 25.2. The summed E-state index contributed by atoms with van der Waals surface area (Å²) >= 11 is 0. The van der Waals surface area contributed by atoms with E-state index in [4.69, 9.17) is 4.74 Å².